The van der Waals surface area contributed by atoms with Crippen LogP contribution in [0, 0.1) is 0 Å². The van der Waals surface area contributed by atoms with E-state index in [9.17, 15) is 9.59 Å². The Morgan fingerprint density at radius 3 is 2.71 bits per heavy atom. The van der Waals surface area contributed by atoms with Gasteiger partial charge in [0.25, 0.3) is 5.91 Å². The van der Waals surface area contributed by atoms with Crippen LogP contribution in [0.3, 0.4) is 0 Å². The number of hydrogen-bond acceptors (Lipinski definition) is 3. The van der Waals surface area contributed by atoms with Crippen LogP contribution in [0.15, 0.2) is 30.3 Å². The molecule has 0 aromatic heterocycles. The van der Waals surface area contributed by atoms with Crippen molar-refractivity contribution < 1.29 is 9.59 Å². The third-order valence-corrected chi connectivity index (χ3v) is 3.55. The molecule has 0 saturated carbocycles. The molecule has 4 N–H and O–H groups in total. The maximum absolute atomic E-state index is 12.4. The summed E-state index contributed by atoms with van der Waals surface area (Å²) in [5.41, 5.74) is 5.76. The standard InChI is InChI=1S/C14H18N4O2S/c15-13(20)16-9-5-4-8-11-12(19)18(14(21)17-11)10-6-2-1-3-7-10/h1-3,6-7,11H,4-5,8-9H2,(H,17,21)(H3,15,16,20)/t11-/m1/s1. The molecule has 0 bridgehead atoms. The van der Waals surface area contributed by atoms with Gasteiger partial charge >= 0.3 is 6.03 Å². The number of thiocarbonyl (C=S) groups is 1. The molecule has 0 unspecified atom stereocenters. The van der Waals surface area contributed by atoms with E-state index in [0.29, 0.717) is 18.1 Å². The number of urea groups is 1. The number of para-hydroxylation sites is 1. The zero-order chi connectivity index (χ0) is 15.2. The second-order valence-electron chi connectivity index (χ2n) is 4.80. The summed E-state index contributed by atoms with van der Waals surface area (Å²) in [6.45, 7) is 0.517. The van der Waals surface area contributed by atoms with E-state index in [2.05, 4.69) is 10.6 Å². The Morgan fingerprint density at radius 2 is 2.05 bits per heavy atom. The predicted molar refractivity (Wildman–Crippen MR) is 84.9 cm³/mol. The van der Waals surface area contributed by atoms with Gasteiger partial charge in [0.1, 0.15) is 6.04 Å². The number of benzene rings is 1. The average Bonchev–Trinajstić information content (AvgIpc) is 2.74. The number of carbonyl (C=O) groups is 2. The van der Waals surface area contributed by atoms with Crippen LogP contribution in [0.5, 0.6) is 0 Å². The third-order valence-electron chi connectivity index (χ3n) is 3.25. The number of nitrogens with zero attached hydrogens (tertiary/aromatic N) is 1. The Morgan fingerprint density at radius 1 is 1.33 bits per heavy atom. The summed E-state index contributed by atoms with van der Waals surface area (Å²) in [6, 6.07) is 8.51. The molecular weight excluding hydrogens is 288 g/mol. The number of amides is 3. The molecule has 7 heteroatoms. The molecule has 0 radical (unpaired) electrons. The van der Waals surface area contributed by atoms with Gasteiger partial charge in [-0.2, -0.15) is 0 Å². The minimum atomic E-state index is -0.526. The van der Waals surface area contributed by atoms with E-state index in [1.165, 1.54) is 4.90 Å². The molecule has 2 rings (SSSR count). The molecule has 3 amide bonds. The summed E-state index contributed by atoms with van der Waals surface area (Å²) in [4.78, 5) is 24.4. The number of rotatable bonds is 6. The van der Waals surface area contributed by atoms with E-state index >= 15 is 0 Å². The van der Waals surface area contributed by atoms with Gasteiger partial charge in [-0.3, -0.25) is 9.69 Å². The van der Waals surface area contributed by atoms with Crippen molar-refractivity contribution in [2.45, 2.75) is 25.3 Å². The van der Waals surface area contributed by atoms with Gasteiger partial charge in [-0.25, -0.2) is 4.79 Å². The molecule has 21 heavy (non-hydrogen) atoms. The van der Waals surface area contributed by atoms with Gasteiger partial charge in [0.05, 0.1) is 5.69 Å². The lowest BCUT2D eigenvalue weighted by Crippen LogP contribution is -2.32. The van der Waals surface area contributed by atoms with Crippen LogP contribution in [0.25, 0.3) is 0 Å². The summed E-state index contributed by atoms with van der Waals surface area (Å²) in [5, 5.41) is 6.01. The van der Waals surface area contributed by atoms with Gasteiger partial charge in [-0.05, 0) is 43.6 Å². The lowest BCUT2D eigenvalue weighted by molar-refractivity contribution is -0.118. The fourth-order valence-corrected chi connectivity index (χ4v) is 2.57. The highest BCUT2D eigenvalue weighted by Crippen LogP contribution is 2.21. The van der Waals surface area contributed by atoms with E-state index in [1.54, 1.807) is 0 Å². The normalized spacial score (nSPS) is 17.7. The number of primary amides is 1. The highest BCUT2D eigenvalue weighted by molar-refractivity contribution is 7.80. The van der Waals surface area contributed by atoms with Crippen LogP contribution in [-0.4, -0.2) is 29.6 Å². The molecule has 1 saturated heterocycles. The number of nitrogens with two attached hydrogens (primary N) is 1. The van der Waals surface area contributed by atoms with Crippen LogP contribution in [0.1, 0.15) is 19.3 Å². The fourth-order valence-electron chi connectivity index (χ4n) is 2.23. The van der Waals surface area contributed by atoms with Crippen LogP contribution < -0.4 is 21.3 Å². The molecular formula is C14H18N4O2S. The number of unbranched alkanes of at least 4 members (excludes halogenated alkanes) is 1. The number of nitrogens with one attached hydrogen (secondary N) is 2. The van der Waals surface area contributed by atoms with E-state index in [-0.39, 0.29) is 11.9 Å². The molecule has 1 aromatic carbocycles. The summed E-state index contributed by atoms with van der Waals surface area (Å²) in [7, 11) is 0. The van der Waals surface area contributed by atoms with Gasteiger partial charge in [-0.1, -0.05) is 18.2 Å². The monoisotopic (exact) mass is 306 g/mol. The Bertz CT molecular complexity index is 535. The number of carbonyl (C=O) groups excluding carboxylic acids is 2. The summed E-state index contributed by atoms with van der Waals surface area (Å²) < 4.78 is 0. The van der Waals surface area contributed by atoms with Crippen LogP contribution >= 0.6 is 12.2 Å². The summed E-state index contributed by atoms with van der Waals surface area (Å²) >= 11 is 5.23. The SMILES string of the molecule is NC(=O)NCCCC[C@H]1NC(=S)N(c2ccccc2)C1=O. The zero-order valence-electron chi connectivity index (χ0n) is 11.5. The van der Waals surface area contributed by atoms with Crippen LogP contribution in [-0.2, 0) is 4.79 Å². The van der Waals surface area contributed by atoms with Crippen molar-refractivity contribution >= 4 is 35.0 Å². The van der Waals surface area contributed by atoms with Crippen LogP contribution in [0.4, 0.5) is 10.5 Å². The van der Waals surface area contributed by atoms with Gasteiger partial charge < -0.3 is 16.4 Å². The number of hydrogen-bond donors (Lipinski definition) is 3. The van der Waals surface area contributed by atoms with Gasteiger partial charge in [0.15, 0.2) is 5.11 Å². The second-order valence-corrected chi connectivity index (χ2v) is 5.18. The molecule has 112 valence electrons. The molecule has 1 aliphatic heterocycles. The lowest BCUT2D eigenvalue weighted by Gasteiger charge is -2.14. The Labute approximate surface area is 128 Å². The van der Waals surface area contributed by atoms with Crippen molar-refractivity contribution in [3.05, 3.63) is 30.3 Å². The molecule has 1 aromatic rings. The minimum absolute atomic E-state index is 0.0333. The first-order valence-corrected chi connectivity index (χ1v) is 7.23. The minimum Gasteiger partial charge on any atom is -0.352 e. The topological polar surface area (TPSA) is 87.5 Å². The van der Waals surface area contributed by atoms with E-state index in [4.69, 9.17) is 18.0 Å². The first kappa shape index (κ1) is 15.2. The molecule has 1 atom stereocenters. The van der Waals surface area contributed by atoms with Crippen LogP contribution in [0.2, 0.25) is 0 Å². The van der Waals surface area contributed by atoms with E-state index < -0.39 is 6.03 Å². The second kappa shape index (κ2) is 7.03. The van der Waals surface area contributed by atoms with Gasteiger partial charge in [0.2, 0.25) is 0 Å². The lowest BCUT2D eigenvalue weighted by atomic mass is 10.1. The van der Waals surface area contributed by atoms with Crippen molar-refractivity contribution in [3.63, 3.8) is 0 Å². The fraction of sp³-hybridized carbons (Fsp3) is 0.357. The van der Waals surface area contributed by atoms with Crippen molar-refractivity contribution in [1.82, 2.24) is 10.6 Å². The zero-order valence-corrected chi connectivity index (χ0v) is 12.4. The average molecular weight is 306 g/mol. The molecule has 1 aliphatic rings. The maximum atomic E-state index is 12.4. The smallest absolute Gasteiger partial charge is 0.312 e. The van der Waals surface area contributed by atoms with E-state index in [0.717, 1.165) is 18.5 Å². The van der Waals surface area contributed by atoms with Gasteiger partial charge in [0, 0.05) is 6.54 Å². The highest BCUT2D eigenvalue weighted by atomic mass is 32.1. The van der Waals surface area contributed by atoms with Crippen molar-refractivity contribution in [2.24, 2.45) is 5.73 Å². The predicted octanol–water partition coefficient (Wildman–Crippen LogP) is 1.11. The largest absolute Gasteiger partial charge is 0.352 e. The van der Waals surface area contributed by atoms with Crippen molar-refractivity contribution in [2.75, 3.05) is 11.4 Å². The Balaban J connectivity index is 1.86. The van der Waals surface area contributed by atoms with E-state index in [1.807, 2.05) is 30.3 Å². The Kier molecular flexibility index (Phi) is 5.10. The summed E-state index contributed by atoms with van der Waals surface area (Å²) in [5.74, 6) is -0.0333. The molecule has 1 heterocycles. The molecule has 6 nitrogen and oxygen atoms in total. The maximum Gasteiger partial charge on any atom is 0.312 e. The Hall–Kier alpha value is -2.15. The van der Waals surface area contributed by atoms with Crippen molar-refractivity contribution in [3.8, 4) is 0 Å². The molecule has 0 aliphatic carbocycles. The molecule has 1 fully saturated rings. The van der Waals surface area contributed by atoms with Gasteiger partial charge in [-0.15, -0.1) is 0 Å². The van der Waals surface area contributed by atoms with Crippen molar-refractivity contribution in [1.29, 1.82) is 0 Å². The summed E-state index contributed by atoms with van der Waals surface area (Å²) in [6.07, 6.45) is 2.24. The third kappa shape index (κ3) is 3.91. The highest BCUT2D eigenvalue weighted by Gasteiger charge is 2.35. The first-order valence-electron chi connectivity index (χ1n) is 6.82. The number of anilines is 1. The molecule has 0 spiro atoms. The first-order chi connectivity index (χ1) is 10.1. The quantitative estimate of drug-likeness (QED) is 0.543.